The Morgan fingerprint density at radius 1 is 0.707 bits per heavy atom. The Kier molecular flexibility index (Phi) is 11.5. The minimum atomic E-state index is -3.61. The van der Waals surface area contributed by atoms with Gasteiger partial charge in [0.05, 0.1) is 32.8 Å². The maximum absolute atomic E-state index is 12.8. The van der Waals surface area contributed by atoms with Gasteiger partial charge in [0, 0.05) is 37.3 Å². The van der Waals surface area contributed by atoms with Gasteiger partial charge in [-0.2, -0.15) is 0 Å². The molecule has 4 aliphatic heterocycles. The Morgan fingerprint density at radius 3 is 2.12 bits per heavy atom. The van der Waals surface area contributed by atoms with Crippen LogP contribution < -0.4 is 33.1 Å². The van der Waals surface area contributed by atoms with E-state index in [1.54, 1.807) is 51.7 Å². The number of hydrogen-bond acceptors (Lipinski definition) is 10. The molecule has 0 aromatic heterocycles. The topological polar surface area (TPSA) is 108 Å². The average molecular weight is 806 g/mol. The van der Waals surface area contributed by atoms with Gasteiger partial charge in [0.15, 0.2) is 34.5 Å². The van der Waals surface area contributed by atoms with Crippen molar-refractivity contribution in [2.75, 3.05) is 61.7 Å². The van der Waals surface area contributed by atoms with E-state index in [0.29, 0.717) is 58.8 Å². The molecule has 9 rings (SSSR count). The largest absolute Gasteiger partial charge is 0.493 e. The van der Waals surface area contributed by atoms with Gasteiger partial charge >= 0.3 is 0 Å². The monoisotopic (exact) mass is 805 g/mol. The summed E-state index contributed by atoms with van der Waals surface area (Å²) in [6, 6.07) is 29.1. The SMILES string of the molecule is COc1cc2c3cc1Oc1c(OC)c(OC)cc4c1[C@@H](Cc1ccc(OCCCNS(=O)(=O)c5ccccc5)c(c1)Oc1ccc(cc1)C[C@@H]3N(C)CC2)N(C)CC4. The van der Waals surface area contributed by atoms with Crippen LogP contribution in [0.4, 0.5) is 0 Å². The Hall–Kier alpha value is -5.27. The number of benzene rings is 5. The molecule has 0 amide bonds. The van der Waals surface area contributed by atoms with E-state index in [9.17, 15) is 8.42 Å². The first-order valence-corrected chi connectivity index (χ1v) is 21.3. The minimum Gasteiger partial charge on any atom is -0.493 e. The van der Waals surface area contributed by atoms with Crippen LogP contribution in [0.5, 0.6) is 46.0 Å². The normalized spacial score (nSPS) is 17.9. The molecule has 1 N–H and O–H groups in total. The first-order valence-electron chi connectivity index (χ1n) is 19.8. The van der Waals surface area contributed by atoms with Gasteiger partial charge in [-0.1, -0.05) is 36.4 Å². The molecule has 11 nitrogen and oxygen atoms in total. The maximum atomic E-state index is 12.8. The van der Waals surface area contributed by atoms with Crippen LogP contribution in [0.25, 0.3) is 0 Å². The Balaban J connectivity index is 1.18. The van der Waals surface area contributed by atoms with E-state index < -0.39 is 10.0 Å². The van der Waals surface area contributed by atoms with Gasteiger partial charge in [0.1, 0.15) is 5.75 Å². The number of ether oxygens (including phenoxy) is 6. The third kappa shape index (κ3) is 8.06. The second-order valence-electron chi connectivity index (χ2n) is 15.2. The molecule has 0 fully saturated rings. The molecule has 5 aromatic carbocycles. The quantitative estimate of drug-likeness (QED) is 0.140. The van der Waals surface area contributed by atoms with Crippen LogP contribution in [0, 0.1) is 0 Å². The second-order valence-corrected chi connectivity index (χ2v) is 16.9. The molecule has 304 valence electrons. The summed E-state index contributed by atoms with van der Waals surface area (Å²) in [5.74, 6) is 4.90. The standard InChI is InChI=1S/C46H51N3O8S/c1-48-21-18-32-27-40(52-3)42-29-36(32)37(48)24-30-12-15-34(16-13-30)56-41-26-31(14-17-39(41)55-23-9-20-47-58(50,51)35-10-7-6-8-11-35)25-38-44-33(19-22-49(38)2)28-43(53-4)45(54-5)46(44)57-42/h6-8,10-17,26-29,37-38,47H,9,18-25H2,1-5H3/t37-,38+/m0/s1. The first-order chi connectivity index (χ1) is 28.1. The molecule has 0 spiro atoms. The summed E-state index contributed by atoms with van der Waals surface area (Å²) in [5, 5.41) is 0. The van der Waals surface area contributed by atoms with E-state index in [-0.39, 0.29) is 30.1 Å². The molecule has 6 bridgehead atoms. The summed E-state index contributed by atoms with van der Waals surface area (Å²) in [6.45, 7) is 2.28. The number of likely N-dealkylation sites (N-methyl/N-ethyl adjacent to an activating group) is 2. The van der Waals surface area contributed by atoms with Crippen LogP contribution in [0.3, 0.4) is 0 Å². The Labute approximate surface area is 341 Å². The number of methoxy groups -OCH3 is 3. The van der Waals surface area contributed by atoms with Crippen molar-refractivity contribution in [3.8, 4) is 46.0 Å². The lowest BCUT2D eigenvalue weighted by atomic mass is 9.87. The fourth-order valence-corrected chi connectivity index (χ4v) is 9.46. The Morgan fingerprint density at radius 2 is 1.38 bits per heavy atom. The van der Waals surface area contributed by atoms with Gasteiger partial charge in [0.2, 0.25) is 15.8 Å². The molecule has 0 radical (unpaired) electrons. The fraction of sp³-hybridized carbons (Fsp3) is 0.348. The van der Waals surface area contributed by atoms with Crippen molar-refractivity contribution >= 4 is 10.0 Å². The molecular weight excluding hydrogens is 755 g/mol. The van der Waals surface area contributed by atoms with Crippen molar-refractivity contribution in [2.45, 2.75) is 49.1 Å². The van der Waals surface area contributed by atoms with Crippen LogP contribution in [-0.2, 0) is 35.7 Å². The summed E-state index contributed by atoms with van der Waals surface area (Å²) < 4.78 is 66.2. The summed E-state index contributed by atoms with van der Waals surface area (Å²) in [6.07, 6.45) is 3.61. The number of rotatable bonds is 10. The highest BCUT2D eigenvalue weighted by atomic mass is 32.2. The average Bonchev–Trinajstić information content (AvgIpc) is 3.23. The molecule has 58 heavy (non-hydrogen) atoms. The molecule has 12 heteroatoms. The highest BCUT2D eigenvalue weighted by Crippen LogP contribution is 2.52. The van der Waals surface area contributed by atoms with E-state index >= 15 is 0 Å². The predicted molar refractivity (Wildman–Crippen MR) is 223 cm³/mol. The van der Waals surface area contributed by atoms with Crippen molar-refractivity contribution in [3.63, 3.8) is 0 Å². The van der Waals surface area contributed by atoms with Gasteiger partial charge in [-0.15, -0.1) is 0 Å². The molecule has 0 unspecified atom stereocenters. The van der Waals surface area contributed by atoms with Crippen molar-refractivity contribution < 1.29 is 36.8 Å². The van der Waals surface area contributed by atoms with Gasteiger partial charge in [-0.25, -0.2) is 13.1 Å². The molecule has 2 atom stereocenters. The molecule has 4 heterocycles. The molecule has 0 aliphatic carbocycles. The number of sulfonamides is 1. The number of nitrogens with zero attached hydrogens (tertiary/aromatic N) is 2. The molecule has 5 aromatic rings. The zero-order valence-electron chi connectivity index (χ0n) is 33.7. The van der Waals surface area contributed by atoms with Crippen LogP contribution in [0.15, 0.2) is 95.9 Å². The van der Waals surface area contributed by atoms with Crippen molar-refractivity contribution in [1.29, 1.82) is 0 Å². The van der Waals surface area contributed by atoms with E-state index in [0.717, 1.165) is 49.0 Å². The smallest absolute Gasteiger partial charge is 0.240 e. The summed E-state index contributed by atoms with van der Waals surface area (Å²) in [5.41, 5.74) is 6.85. The highest BCUT2D eigenvalue weighted by Gasteiger charge is 2.35. The van der Waals surface area contributed by atoms with E-state index in [1.165, 1.54) is 16.7 Å². The first kappa shape index (κ1) is 39.6. The van der Waals surface area contributed by atoms with E-state index in [4.69, 9.17) is 28.4 Å². The maximum Gasteiger partial charge on any atom is 0.240 e. The van der Waals surface area contributed by atoms with Gasteiger partial charge < -0.3 is 28.4 Å². The lowest BCUT2D eigenvalue weighted by Gasteiger charge is -2.37. The van der Waals surface area contributed by atoms with Crippen molar-refractivity contribution in [1.82, 2.24) is 14.5 Å². The second kappa shape index (κ2) is 16.9. The van der Waals surface area contributed by atoms with E-state index in [2.05, 4.69) is 65.0 Å². The molecule has 4 aliphatic rings. The fourth-order valence-electron chi connectivity index (χ4n) is 8.37. The van der Waals surface area contributed by atoms with Crippen molar-refractivity contribution in [2.24, 2.45) is 0 Å². The zero-order chi connectivity index (χ0) is 40.4. The molecular formula is C46H51N3O8S. The summed E-state index contributed by atoms with van der Waals surface area (Å²) >= 11 is 0. The zero-order valence-corrected chi connectivity index (χ0v) is 34.6. The summed E-state index contributed by atoms with van der Waals surface area (Å²) in [7, 11) is 5.71. The number of nitrogens with one attached hydrogen (secondary N) is 1. The number of hydrogen-bond donors (Lipinski definition) is 1. The summed E-state index contributed by atoms with van der Waals surface area (Å²) in [4.78, 5) is 4.99. The van der Waals surface area contributed by atoms with Crippen LogP contribution in [0.2, 0.25) is 0 Å². The predicted octanol–water partition coefficient (Wildman–Crippen LogP) is 7.90. The third-order valence-corrected chi connectivity index (χ3v) is 13.0. The van der Waals surface area contributed by atoms with Gasteiger partial charge in [-0.05, 0) is 129 Å². The van der Waals surface area contributed by atoms with Gasteiger partial charge in [0.25, 0.3) is 0 Å². The van der Waals surface area contributed by atoms with Crippen LogP contribution >= 0.6 is 0 Å². The minimum absolute atomic E-state index is 0.0866. The lowest BCUT2D eigenvalue weighted by molar-refractivity contribution is 0.220. The van der Waals surface area contributed by atoms with Gasteiger partial charge in [-0.3, -0.25) is 9.80 Å². The Bertz CT molecular complexity index is 2370. The number of fused-ring (bicyclic) bond motifs is 2. The highest BCUT2D eigenvalue weighted by molar-refractivity contribution is 7.89. The molecule has 0 saturated heterocycles. The molecule has 0 saturated carbocycles. The van der Waals surface area contributed by atoms with E-state index in [1.807, 2.05) is 24.3 Å². The lowest BCUT2D eigenvalue weighted by Crippen LogP contribution is -2.34. The van der Waals surface area contributed by atoms with Crippen LogP contribution in [0.1, 0.15) is 51.9 Å². The van der Waals surface area contributed by atoms with Crippen LogP contribution in [-0.4, -0.2) is 79.9 Å². The third-order valence-electron chi connectivity index (χ3n) is 11.6. The van der Waals surface area contributed by atoms with Crippen molar-refractivity contribution in [3.05, 3.63) is 124 Å².